The molecule has 2 aromatic rings. The van der Waals surface area contributed by atoms with Crippen LogP contribution in [0.15, 0.2) is 18.2 Å². The molecule has 1 aliphatic heterocycles. The quantitative estimate of drug-likeness (QED) is 0.930. The number of nitrogens with one attached hydrogen (secondary N) is 1. The number of aromatic nitrogens is 2. The molecule has 1 aromatic carbocycles. The van der Waals surface area contributed by atoms with Crippen LogP contribution in [0.2, 0.25) is 0 Å². The van der Waals surface area contributed by atoms with Crippen molar-refractivity contribution in [1.29, 1.82) is 0 Å². The first-order valence-corrected chi connectivity index (χ1v) is 7.11. The summed E-state index contributed by atoms with van der Waals surface area (Å²) in [4.78, 5) is 0. The fourth-order valence-corrected chi connectivity index (χ4v) is 2.52. The van der Waals surface area contributed by atoms with E-state index in [0.717, 1.165) is 33.6 Å². The molecule has 0 bridgehead atoms. The van der Waals surface area contributed by atoms with Crippen molar-refractivity contribution in [1.82, 2.24) is 10.2 Å². The Labute approximate surface area is 115 Å². The van der Waals surface area contributed by atoms with E-state index >= 15 is 0 Å². The van der Waals surface area contributed by atoms with Gasteiger partial charge in [-0.25, -0.2) is 0 Å². The summed E-state index contributed by atoms with van der Waals surface area (Å²) in [6, 6.07) is 5.98. The third-order valence-corrected chi connectivity index (χ3v) is 3.84. The molecule has 1 aliphatic rings. The summed E-state index contributed by atoms with van der Waals surface area (Å²) >= 11 is 1.59. The van der Waals surface area contributed by atoms with Gasteiger partial charge in [-0.15, -0.1) is 10.2 Å². The molecule has 0 radical (unpaired) electrons. The van der Waals surface area contributed by atoms with Crippen LogP contribution in [0.1, 0.15) is 17.5 Å². The molecule has 0 saturated heterocycles. The molecule has 0 aliphatic carbocycles. The van der Waals surface area contributed by atoms with Crippen molar-refractivity contribution in [2.45, 2.75) is 19.9 Å². The summed E-state index contributed by atoms with van der Waals surface area (Å²) in [5.74, 6) is 1.64. The van der Waals surface area contributed by atoms with Crippen molar-refractivity contribution in [2.24, 2.45) is 0 Å². The number of ether oxygens (including phenoxy) is 2. The molecule has 1 aromatic heterocycles. The molecule has 0 atom stereocenters. The molecule has 3 rings (SSSR count). The monoisotopic (exact) mass is 277 g/mol. The standard InChI is InChI=1S/C13H15N3O2S/c1-2-12-15-16-13(19-12)14-8-9-3-4-10-11(7-9)18-6-5-17-10/h3-4,7H,2,5-6,8H2,1H3,(H,14,16). The second kappa shape index (κ2) is 5.44. The van der Waals surface area contributed by atoms with Gasteiger partial charge in [0.05, 0.1) is 0 Å². The zero-order valence-electron chi connectivity index (χ0n) is 10.7. The predicted octanol–water partition coefficient (Wildman–Crippen LogP) is 2.48. The summed E-state index contributed by atoms with van der Waals surface area (Å²) in [5.41, 5.74) is 1.14. The Morgan fingerprint density at radius 3 is 2.84 bits per heavy atom. The first-order valence-electron chi connectivity index (χ1n) is 6.30. The predicted molar refractivity (Wildman–Crippen MR) is 74.0 cm³/mol. The maximum Gasteiger partial charge on any atom is 0.205 e. The molecular weight excluding hydrogens is 262 g/mol. The molecule has 0 fully saturated rings. The van der Waals surface area contributed by atoms with E-state index in [0.29, 0.717) is 19.8 Å². The van der Waals surface area contributed by atoms with Gasteiger partial charge >= 0.3 is 0 Å². The van der Waals surface area contributed by atoms with Crippen LogP contribution in [0.5, 0.6) is 11.5 Å². The van der Waals surface area contributed by atoms with Gasteiger partial charge in [0.15, 0.2) is 11.5 Å². The summed E-state index contributed by atoms with van der Waals surface area (Å²) < 4.78 is 11.1. The van der Waals surface area contributed by atoms with Gasteiger partial charge in [0.2, 0.25) is 5.13 Å². The lowest BCUT2D eigenvalue weighted by Gasteiger charge is -2.18. The van der Waals surface area contributed by atoms with E-state index in [4.69, 9.17) is 9.47 Å². The lowest BCUT2D eigenvalue weighted by Crippen LogP contribution is -2.15. The summed E-state index contributed by atoms with van der Waals surface area (Å²) in [7, 11) is 0. The average molecular weight is 277 g/mol. The molecule has 0 unspecified atom stereocenters. The van der Waals surface area contributed by atoms with E-state index in [1.165, 1.54) is 0 Å². The highest BCUT2D eigenvalue weighted by Gasteiger charge is 2.11. The third kappa shape index (κ3) is 2.78. The first-order chi connectivity index (χ1) is 9.35. The molecular formula is C13H15N3O2S. The van der Waals surface area contributed by atoms with Gasteiger partial charge in [-0.1, -0.05) is 24.3 Å². The van der Waals surface area contributed by atoms with Crippen molar-refractivity contribution in [3.63, 3.8) is 0 Å². The first kappa shape index (κ1) is 12.2. The Hall–Kier alpha value is -1.82. The molecule has 100 valence electrons. The Morgan fingerprint density at radius 2 is 2.05 bits per heavy atom. The minimum Gasteiger partial charge on any atom is -0.486 e. The Morgan fingerprint density at radius 1 is 1.21 bits per heavy atom. The minimum absolute atomic E-state index is 0.611. The molecule has 0 amide bonds. The summed E-state index contributed by atoms with van der Waals surface area (Å²) in [6.45, 7) is 4.01. The number of nitrogens with zero attached hydrogens (tertiary/aromatic N) is 2. The van der Waals surface area contributed by atoms with E-state index in [2.05, 4.69) is 22.4 Å². The van der Waals surface area contributed by atoms with E-state index < -0.39 is 0 Å². The number of fused-ring (bicyclic) bond motifs is 1. The van der Waals surface area contributed by atoms with E-state index in [-0.39, 0.29) is 0 Å². The highest BCUT2D eigenvalue weighted by atomic mass is 32.1. The van der Waals surface area contributed by atoms with Crippen molar-refractivity contribution in [3.05, 3.63) is 28.8 Å². The van der Waals surface area contributed by atoms with Crippen LogP contribution in [0, 0.1) is 0 Å². The number of hydrogen-bond acceptors (Lipinski definition) is 6. The second-order valence-electron chi connectivity index (χ2n) is 4.19. The number of anilines is 1. The SMILES string of the molecule is CCc1nnc(NCc2ccc3c(c2)OCCO3)s1. The fourth-order valence-electron chi connectivity index (χ4n) is 1.84. The zero-order chi connectivity index (χ0) is 13.1. The van der Waals surface area contributed by atoms with Gasteiger partial charge < -0.3 is 14.8 Å². The summed E-state index contributed by atoms with van der Waals surface area (Å²) in [6.07, 6.45) is 0.920. The van der Waals surface area contributed by atoms with Gasteiger partial charge in [-0.3, -0.25) is 0 Å². The fraction of sp³-hybridized carbons (Fsp3) is 0.385. The van der Waals surface area contributed by atoms with E-state index in [9.17, 15) is 0 Å². The average Bonchev–Trinajstić information content (AvgIpc) is 2.93. The zero-order valence-corrected chi connectivity index (χ0v) is 11.5. The topological polar surface area (TPSA) is 56.3 Å². The molecule has 2 heterocycles. The van der Waals surface area contributed by atoms with Gasteiger partial charge in [0.1, 0.15) is 18.2 Å². The minimum atomic E-state index is 0.611. The summed E-state index contributed by atoms with van der Waals surface area (Å²) in [5, 5.41) is 13.3. The van der Waals surface area contributed by atoms with Gasteiger partial charge in [0, 0.05) is 6.54 Å². The molecule has 19 heavy (non-hydrogen) atoms. The maximum absolute atomic E-state index is 5.56. The Balaban J connectivity index is 1.66. The van der Waals surface area contributed by atoms with E-state index in [1.807, 2.05) is 18.2 Å². The third-order valence-electron chi connectivity index (χ3n) is 2.82. The van der Waals surface area contributed by atoms with Gasteiger partial charge in [-0.2, -0.15) is 0 Å². The van der Waals surface area contributed by atoms with Crippen LogP contribution in [-0.4, -0.2) is 23.4 Å². The van der Waals surface area contributed by atoms with E-state index in [1.54, 1.807) is 11.3 Å². The number of benzene rings is 1. The molecule has 0 saturated carbocycles. The highest BCUT2D eigenvalue weighted by molar-refractivity contribution is 7.15. The lowest BCUT2D eigenvalue weighted by atomic mass is 10.2. The molecule has 1 N–H and O–H groups in total. The Bertz CT molecular complexity index is 571. The van der Waals surface area contributed by atoms with Gasteiger partial charge in [-0.05, 0) is 24.1 Å². The van der Waals surface area contributed by atoms with Crippen molar-refractivity contribution >= 4 is 16.5 Å². The van der Waals surface area contributed by atoms with Crippen LogP contribution in [0.4, 0.5) is 5.13 Å². The normalized spacial score (nSPS) is 13.3. The van der Waals surface area contributed by atoms with Crippen molar-refractivity contribution in [3.8, 4) is 11.5 Å². The van der Waals surface area contributed by atoms with Crippen LogP contribution < -0.4 is 14.8 Å². The molecule has 6 heteroatoms. The maximum atomic E-state index is 5.56. The highest BCUT2D eigenvalue weighted by Crippen LogP contribution is 2.31. The van der Waals surface area contributed by atoms with Gasteiger partial charge in [0.25, 0.3) is 0 Å². The lowest BCUT2D eigenvalue weighted by molar-refractivity contribution is 0.171. The largest absolute Gasteiger partial charge is 0.486 e. The van der Waals surface area contributed by atoms with Crippen LogP contribution in [0.3, 0.4) is 0 Å². The van der Waals surface area contributed by atoms with Crippen LogP contribution >= 0.6 is 11.3 Å². The molecule has 5 nitrogen and oxygen atoms in total. The van der Waals surface area contributed by atoms with Crippen molar-refractivity contribution < 1.29 is 9.47 Å². The number of rotatable bonds is 4. The second-order valence-corrected chi connectivity index (χ2v) is 5.25. The van der Waals surface area contributed by atoms with Crippen LogP contribution in [-0.2, 0) is 13.0 Å². The van der Waals surface area contributed by atoms with Crippen molar-refractivity contribution in [2.75, 3.05) is 18.5 Å². The Kier molecular flexibility index (Phi) is 3.50. The van der Waals surface area contributed by atoms with Crippen LogP contribution in [0.25, 0.3) is 0 Å². The number of aryl methyl sites for hydroxylation is 1. The smallest absolute Gasteiger partial charge is 0.205 e. The number of hydrogen-bond donors (Lipinski definition) is 1. The molecule has 0 spiro atoms.